The third-order valence-electron chi connectivity index (χ3n) is 2.66. The molecule has 2 rings (SSSR count). The highest BCUT2D eigenvalue weighted by molar-refractivity contribution is 5.60. The summed E-state index contributed by atoms with van der Waals surface area (Å²) < 4.78 is 5.30. The second kappa shape index (κ2) is 4.28. The van der Waals surface area contributed by atoms with Crippen molar-refractivity contribution in [2.75, 3.05) is 31.2 Å². The number of benzene rings is 1. The molecule has 0 unspecified atom stereocenters. The van der Waals surface area contributed by atoms with Crippen LogP contribution >= 0.6 is 0 Å². The van der Waals surface area contributed by atoms with Gasteiger partial charge in [-0.2, -0.15) is 0 Å². The molecule has 15 heavy (non-hydrogen) atoms. The van der Waals surface area contributed by atoms with Gasteiger partial charge in [0.15, 0.2) is 4.98 Å². The first-order valence-corrected chi connectivity index (χ1v) is 5.10. The lowest BCUT2D eigenvalue weighted by Crippen LogP contribution is -2.36. The Kier molecular flexibility index (Phi) is 2.84. The number of rotatable bonds is 1. The summed E-state index contributed by atoms with van der Waals surface area (Å²) in [6.45, 7) is 5.36. The molecule has 0 amide bonds. The summed E-state index contributed by atoms with van der Waals surface area (Å²) in [5, 5.41) is 8.71. The zero-order valence-corrected chi connectivity index (χ0v) is 8.81. The van der Waals surface area contributed by atoms with Crippen molar-refractivity contribution in [3.63, 3.8) is 0 Å². The molecular formula is C11H14N3O+. The predicted octanol–water partition coefficient (Wildman–Crippen LogP) is 2.32. The molecular weight excluding hydrogens is 190 g/mol. The van der Waals surface area contributed by atoms with Gasteiger partial charge in [0.05, 0.1) is 13.2 Å². The third kappa shape index (κ3) is 2.08. The number of ether oxygens (including phenoxy) is 1. The summed E-state index contributed by atoms with van der Waals surface area (Å²) in [5.41, 5.74) is 2.79. The van der Waals surface area contributed by atoms with Crippen molar-refractivity contribution in [1.82, 2.24) is 0 Å². The molecule has 0 aromatic heterocycles. The van der Waals surface area contributed by atoms with Gasteiger partial charge in [0.25, 0.3) is 0 Å². The van der Waals surface area contributed by atoms with E-state index < -0.39 is 0 Å². The van der Waals surface area contributed by atoms with Crippen molar-refractivity contribution in [3.8, 4) is 0 Å². The first kappa shape index (κ1) is 9.94. The molecule has 0 aliphatic carbocycles. The summed E-state index contributed by atoms with van der Waals surface area (Å²) >= 11 is 0. The van der Waals surface area contributed by atoms with Gasteiger partial charge in [0, 0.05) is 30.4 Å². The van der Waals surface area contributed by atoms with E-state index in [0.29, 0.717) is 5.69 Å². The zero-order valence-electron chi connectivity index (χ0n) is 8.81. The van der Waals surface area contributed by atoms with Crippen LogP contribution in [0.1, 0.15) is 5.56 Å². The molecule has 1 heterocycles. The molecule has 1 fully saturated rings. The first-order chi connectivity index (χ1) is 7.31. The third-order valence-corrected chi connectivity index (χ3v) is 2.66. The molecule has 0 saturated carbocycles. The van der Waals surface area contributed by atoms with E-state index in [1.807, 2.05) is 25.1 Å². The molecule has 1 aliphatic rings. The Hall–Kier alpha value is -1.60. The quantitative estimate of drug-likeness (QED) is 0.659. The molecule has 1 aromatic carbocycles. The maximum atomic E-state index is 8.71. The van der Waals surface area contributed by atoms with Crippen LogP contribution in [0.15, 0.2) is 18.2 Å². The van der Waals surface area contributed by atoms with Crippen LogP contribution in [0.25, 0.3) is 4.98 Å². The maximum Gasteiger partial charge on any atom is 0.388 e. The maximum absolute atomic E-state index is 8.71. The highest BCUT2D eigenvalue weighted by atomic mass is 16.5. The van der Waals surface area contributed by atoms with E-state index in [9.17, 15) is 0 Å². The van der Waals surface area contributed by atoms with Crippen molar-refractivity contribution in [2.24, 2.45) is 0 Å². The van der Waals surface area contributed by atoms with Crippen LogP contribution in [-0.2, 0) is 4.74 Å². The monoisotopic (exact) mass is 204 g/mol. The van der Waals surface area contributed by atoms with Crippen molar-refractivity contribution in [3.05, 3.63) is 28.7 Å². The topological polar surface area (TPSA) is 40.6 Å². The number of diazo groups is 1. The second-order valence-corrected chi connectivity index (χ2v) is 3.67. The predicted molar refractivity (Wildman–Crippen MR) is 59.0 cm³/mol. The van der Waals surface area contributed by atoms with E-state index >= 15 is 0 Å². The molecule has 1 saturated heterocycles. The van der Waals surface area contributed by atoms with Crippen LogP contribution in [-0.4, -0.2) is 26.3 Å². The average molecular weight is 204 g/mol. The van der Waals surface area contributed by atoms with Gasteiger partial charge in [-0.05, 0) is 19.1 Å². The minimum atomic E-state index is 0.631. The van der Waals surface area contributed by atoms with Crippen LogP contribution in [0.5, 0.6) is 0 Å². The van der Waals surface area contributed by atoms with Crippen molar-refractivity contribution in [1.29, 1.82) is 5.39 Å². The molecule has 78 valence electrons. The summed E-state index contributed by atoms with van der Waals surface area (Å²) in [4.78, 5) is 5.49. The summed E-state index contributed by atoms with van der Waals surface area (Å²) in [6, 6.07) is 5.86. The van der Waals surface area contributed by atoms with Crippen LogP contribution in [0.3, 0.4) is 0 Å². The normalized spacial score (nSPS) is 16.1. The largest absolute Gasteiger partial charge is 0.388 e. The summed E-state index contributed by atoms with van der Waals surface area (Å²) in [5.74, 6) is 0. The average Bonchev–Trinajstić information content (AvgIpc) is 2.30. The van der Waals surface area contributed by atoms with Gasteiger partial charge in [-0.1, -0.05) is 0 Å². The van der Waals surface area contributed by atoms with E-state index in [-0.39, 0.29) is 0 Å². The molecule has 0 bridgehead atoms. The van der Waals surface area contributed by atoms with Crippen LogP contribution in [0.4, 0.5) is 11.4 Å². The van der Waals surface area contributed by atoms with Crippen molar-refractivity contribution >= 4 is 11.4 Å². The number of hydrogen-bond acceptors (Lipinski definition) is 3. The van der Waals surface area contributed by atoms with Gasteiger partial charge in [-0.15, -0.1) is 0 Å². The molecule has 0 N–H and O–H groups in total. The molecule has 0 spiro atoms. The number of morpholine rings is 1. The fourth-order valence-electron chi connectivity index (χ4n) is 1.77. The Balaban J connectivity index is 2.22. The molecule has 4 nitrogen and oxygen atoms in total. The van der Waals surface area contributed by atoms with Gasteiger partial charge < -0.3 is 9.64 Å². The van der Waals surface area contributed by atoms with Gasteiger partial charge in [-0.3, -0.25) is 0 Å². The van der Waals surface area contributed by atoms with E-state index in [1.165, 1.54) is 5.69 Å². The van der Waals surface area contributed by atoms with Crippen molar-refractivity contribution < 1.29 is 4.74 Å². The SMILES string of the molecule is Cc1cc(N2CCOCC2)ccc1[N+]#N. The molecule has 1 aromatic rings. The fraction of sp³-hybridized carbons (Fsp3) is 0.455. The Morgan fingerprint density at radius 2 is 2.07 bits per heavy atom. The summed E-state index contributed by atoms with van der Waals surface area (Å²) in [6.07, 6.45) is 0. The van der Waals surface area contributed by atoms with Gasteiger partial charge in [0.2, 0.25) is 5.39 Å². The highest BCUT2D eigenvalue weighted by Gasteiger charge is 2.15. The van der Waals surface area contributed by atoms with Gasteiger partial charge >= 0.3 is 5.69 Å². The number of aryl methyl sites for hydroxylation is 1. The molecule has 0 atom stereocenters. The summed E-state index contributed by atoms with van der Waals surface area (Å²) in [7, 11) is 0. The second-order valence-electron chi connectivity index (χ2n) is 3.67. The Morgan fingerprint density at radius 3 is 2.67 bits per heavy atom. The molecule has 0 radical (unpaired) electrons. The minimum absolute atomic E-state index is 0.631. The van der Waals surface area contributed by atoms with E-state index in [2.05, 4.69) is 9.88 Å². The van der Waals surface area contributed by atoms with Crippen molar-refractivity contribution in [2.45, 2.75) is 6.92 Å². The number of anilines is 1. The minimum Gasteiger partial charge on any atom is -0.378 e. The van der Waals surface area contributed by atoms with Gasteiger partial charge in [-0.25, -0.2) is 0 Å². The smallest absolute Gasteiger partial charge is 0.378 e. The van der Waals surface area contributed by atoms with E-state index in [1.54, 1.807) is 0 Å². The van der Waals surface area contributed by atoms with E-state index in [0.717, 1.165) is 31.9 Å². The number of hydrogen-bond donors (Lipinski definition) is 0. The lowest BCUT2D eigenvalue weighted by Gasteiger charge is -2.28. The highest BCUT2D eigenvalue weighted by Crippen LogP contribution is 2.25. The lowest BCUT2D eigenvalue weighted by atomic mass is 10.1. The van der Waals surface area contributed by atoms with Crippen LogP contribution in [0, 0.1) is 12.3 Å². The van der Waals surface area contributed by atoms with E-state index in [4.69, 9.17) is 10.1 Å². The number of nitrogens with zero attached hydrogens (tertiary/aromatic N) is 3. The fourth-order valence-corrected chi connectivity index (χ4v) is 1.77. The van der Waals surface area contributed by atoms with Crippen LogP contribution in [0.2, 0.25) is 0 Å². The molecule has 1 aliphatic heterocycles. The standard InChI is InChI=1S/C11H14N3O/c1-9-8-10(2-3-11(9)13-12)14-4-6-15-7-5-14/h2-3,8H,4-7H2,1H3/q+1. The zero-order chi connectivity index (χ0) is 10.7. The first-order valence-electron chi connectivity index (χ1n) is 5.10. The Morgan fingerprint density at radius 1 is 1.33 bits per heavy atom. The Bertz CT molecular complexity index is 391. The van der Waals surface area contributed by atoms with Crippen LogP contribution < -0.4 is 4.90 Å². The molecule has 4 heteroatoms. The Labute approximate surface area is 89.1 Å². The lowest BCUT2D eigenvalue weighted by molar-refractivity contribution is 0.122. The van der Waals surface area contributed by atoms with Gasteiger partial charge in [0.1, 0.15) is 0 Å².